The van der Waals surface area contributed by atoms with Gasteiger partial charge in [0, 0.05) is 0 Å². The zero-order chi connectivity index (χ0) is 20.5. The normalized spacial score (nSPS) is 14.7. The van der Waals surface area contributed by atoms with Crippen molar-refractivity contribution >= 4 is 30.2 Å². The van der Waals surface area contributed by atoms with Crippen molar-refractivity contribution in [3.63, 3.8) is 0 Å². The number of carbonyl (C=O) groups is 1. The summed E-state index contributed by atoms with van der Waals surface area (Å²) < 4.78 is 26.1. The fraction of sp³-hybridized carbons (Fsp3) is 0.600. The Morgan fingerprint density at radius 3 is 2.41 bits per heavy atom. The molecule has 0 fully saturated rings. The van der Waals surface area contributed by atoms with Crippen LogP contribution in [0.4, 0.5) is 4.39 Å². The summed E-state index contributed by atoms with van der Waals surface area (Å²) in [4.78, 5) is 16.1. The second kappa shape index (κ2) is 11.1. The van der Waals surface area contributed by atoms with Crippen molar-refractivity contribution in [2.24, 2.45) is 0 Å². The monoisotopic (exact) mass is 459 g/mol. The number of carbonyl (C=O) groups excluding carboxylic acids is 1. The predicted molar refractivity (Wildman–Crippen MR) is 113 cm³/mol. The van der Waals surface area contributed by atoms with Gasteiger partial charge in [-0.15, -0.1) is 0 Å². The Labute approximate surface area is 171 Å². The van der Waals surface area contributed by atoms with E-state index in [1.54, 1.807) is 6.92 Å². The van der Waals surface area contributed by atoms with E-state index < -0.39 is 25.7 Å². The van der Waals surface area contributed by atoms with Gasteiger partial charge in [-0.05, 0) is 79.0 Å². The van der Waals surface area contributed by atoms with Crippen LogP contribution in [0.5, 0.6) is 0 Å². The minimum atomic E-state index is -1.93. The Hall–Kier alpha value is -1.05. The molecule has 7 heteroatoms. The lowest BCUT2D eigenvalue weighted by Gasteiger charge is -2.40. The van der Waals surface area contributed by atoms with Crippen molar-refractivity contribution in [2.45, 2.75) is 71.2 Å². The van der Waals surface area contributed by atoms with Crippen molar-refractivity contribution < 1.29 is 18.3 Å². The molecule has 27 heavy (non-hydrogen) atoms. The van der Waals surface area contributed by atoms with Gasteiger partial charge in [0.05, 0.1) is 17.9 Å². The number of nitrogens with zero attached hydrogens (tertiary/aromatic N) is 1. The lowest BCUT2D eigenvalue weighted by molar-refractivity contribution is -0.140. The lowest BCUT2D eigenvalue weighted by Crippen LogP contribution is -2.44. The first kappa shape index (κ1) is 24.0. The minimum absolute atomic E-state index is 0.153. The first-order valence-corrected chi connectivity index (χ1v) is 12.9. The summed E-state index contributed by atoms with van der Waals surface area (Å²) in [5.74, 6) is -1.77. The number of hydrogen-bond donors (Lipinski definition) is 0. The summed E-state index contributed by atoms with van der Waals surface area (Å²) in [5.41, 5.74) is 0.165. The maximum atomic E-state index is 13.9. The molecular formula is C20H31BrFNO3Si. The molecule has 0 aliphatic rings. The number of rotatable bonds is 11. The molecule has 0 spiro atoms. The number of ether oxygens (including phenoxy) is 1. The van der Waals surface area contributed by atoms with E-state index in [4.69, 9.17) is 9.16 Å². The molecule has 152 valence electrons. The zero-order valence-corrected chi connectivity index (χ0v) is 19.6. The smallest absolute Gasteiger partial charge is 0.366 e. The molecule has 1 heterocycles. The van der Waals surface area contributed by atoms with Crippen molar-refractivity contribution in [1.29, 1.82) is 0 Å². The van der Waals surface area contributed by atoms with Crippen LogP contribution in [0.15, 0.2) is 34.7 Å². The molecule has 1 atom stereocenters. The van der Waals surface area contributed by atoms with Crippen molar-refractivity contribution in [2.75, 3.05) is 6.61 Å². The maximum absolute atomic E-state index is 13.9. The van der Waals surface area contributed by atoms with Gasteiger partial charge in [0.2, 0.25) is 5.83 Å². The molecule has 0 N–H and O–H groups in total. The van der Waals surface area contributed by atoms with Gasteiger partial charge in [-0.3, -0.25) is 0 Å². The summed E-state index contributed by atoms with van der Waals surface area (Å²) in [6.07, 6.45) is 2.17. The molecule has 0 saturated heterocycles. The number of allylic oxidation sites excluding steroid dienone is 1. The van der Waals surface area contributed by atoms with E-state index in [1.165, 1.54) is 6.08 Å². The molecule has 0 bridgehead atoms. The third-order valence-electron chi connectivity index (χ3n) is 5.05. The summed E-state index contributed by atoms with van der Waals surface area (Å²) in [5, 5.41) is 0. The number of aromatic nitrogens is 1. The van der Waals surface area contributed by atoms with Crippen LogP contribution < -0.4 is 0 Å². The number of halogens is 2. The minimum Gasteiger partial charge on any atom is -0.461 e. The second-order valence-corrected chi connectivity index (χ2v) is 12.2. The Morgan fingerprint density at radius 1 is 1.26 bits per heavy atom. The van der Waals surface area contributed by atoms with E-state index in [0.29, 0.717) is 12.8 Å². The van der Waals surface area contributed by atoms with Gasteiger partial charge in [0.15, 0.2) is 8.32 Å². The topological polar surface area (TPSA) is 48.4 Å². The standard InChI is InChI=1S/C20H31BrFNO3Si/c1-6-25-19(24)16(22)12-11-15-20(5,17-13-10-14-18(21)23-17)26-27(7-2,8-3)9-4/h10,12-14H,6-9,11,15H2,1-5H3/b16-12+/t20-/m1/s1. The first-order chi connectivity index (χ1) is 12.8. The summed E-state index contributed by atoms with van der Waals surface area (Å²) in [6, 6.07) is 8.77. The number of pyridine rings is 1. The lowest BCUT2D eigenvalue weighted by atomic mass is 9.95. The van der Waals surface area contributed by atoms with Gasteiger partial charge < -0.3 is 9.16 Å². The highest BCUT2D eigenvalue weighted by molar-refractivity contribution is 9.10. The number of esters is 1. The third-order valence-corrected chi connectivity index (χ3v) is 10.2. The van der Waals surface area contributed by atoms with E-state index in [2.05, 4.69) is 41.7 Å². The molecule has 0 radical (unpaired) electrons. The Morgan fingerprint density at radius 2 is 1.89 bits per heavy atom. The quantitative estimate of drug-likeness (QED) is 0.169. The largest absolute Gasteiger partial charge is 0.461 e. The van der Waals surface area contributed by atoms with Gasteiger partial charge in [0.1, 0.15) is 4.60 Å². The van der Waals surface area contributed by atoms with Crippen LogP contribution in [0.1, 0.15) is 53.2 Å². The average molecular weight is 460 g/mol. The molecule has 1 aromatic rings. The Balaban J connectivity index is 3.11. The molecular weight excluding hydrogens is 429 g/mol. The molecule has 0 amide bonds. The Bertz CT molecular complexity index is 644. The molecule has 1 rings (SSSR count). The van der Waals surface area contributed by atoms with Crippen LogP contribution in [-0.2, 0) is 19.6 Å². The fourth-order valence-electron chi connectivity index (χ4n) is 3.14. The summed E-state index contributed by atoms with van der Waals surface area (Å²) in [6.45, 7) is 10.3. The SMILES string of the molecule is CCOC(=O)/C(F)=C\CC[C@@](C)(O[Si](CC)(CC)CC)c1cccc(Br)n1. The van der Waals surface area contributed by atoms with E-state index in [0.717, 1.165) is 28.4 Å². The van der Waals surface area contributed by atoms with Gasteiger partial charge in [0.25, 0.3) is 0 Å². The highest BCUT2D eigenvalue weighted by Gasteiger charge is 2.39. The zero-order valence-electron chi connectivity index (χ0n) is 17.0. The van der Waals surface area contributed by atoms with Crippen LogP contribution >= 0.6 is 15.9 Å². The van der Waals surface area contributed by atoms with Gasteiger partial charge in [-0.2, -0.15) is 4.39 Å². The number of hydrogen-bond acceptors (Lipinski definition) is 4. The molecule has 0 saturated carbocycles. The average Bonchev–Trinajstić information content (AvgIpc) is 2.66. The van der Waals surface area contributed by atoms with Crippen LogP contribution in [0.2, 0.25) is 18.1 Å². The van der Waals surface area contributed by atoms with Gasteiger partial charge in [-0.25, -0.2) is 9.78 Å². The van der Waals surface area contributed by atoms with Crippen LogP contribution in [0.25, 0.3) is 0 Å². The van der Waals surface area contributed by atoms with E-state index >= 15 is 0 Å². The molecule has 0 aromatic carbocycles. The predicted octanol–water partition coefficient (Wildman–Crippen LogP) is 6.28. The van der Waals surface area contributed by atoms with Crippen molar-refractivity contribution in [1.82, 2.24) is 4.98 Å². The fourth-order valence-corrected chi connectivity index (χ4v) is 6.58. The van der Waals surface area contributed by atoms with Crippen molar-refractivity contribution in [3.05, 3.63) is 40.4 Å². The van der Waals surface area contributed by atoms with Crippen molar-refractivity contribution in [3.8, 4) is 0 Å². The molecule has 1 aromatic heterocycles. The van der Waals surface area contributed by atoms with Crippen LogP contribution in [0, 0.1) is 0 Å². The highest BCUT2D eigenvalue weighted by atomic mass is 79.9. The van der Waals surface area contributed by atoms with Gasteiger partial charge >= 0.3 is 5.97 Å². The van der Waals surface area contributed by atoms with E-state index in [1.807, 2.05) is 25.1 Å². The summed E-state index contributed by atoms with van der Waals surface area (Å²) >= 11 is 3.42. The third kappa shape index (κ3) is 6.80. The highest BCUT2D eigenvalue weighted by Crippen LogP contribution is 2.37. The molecule has 0 unspecified atom stereocenters. The first-order valence-electron chi connectivity index (χ1n) is 9.61. The molecule has 0 aliphatic carbocycles. The van der Waals surface area contributed by atoms with E-state index in [9.17, 15) is 9.18 Å². The molecule has 4 nitrogen and oxygen atoms in total. The maximum Gasteiger partial charge on any atom is 0.366 e. The second-order valence-electron chi connectivity index (χ2n) is 6.73. The van der Waals surface area contributed by atoms with E-state index in [-0.39, 0.29) is 6.61 Å². The Kier molecular flexibility index (Phi) is 9.84. The summed E-state index contributed by atoms with van der Waals surface area (Å²) in [7, 11) is -1.93. The van der Waals surface area contributed by atoms with Gasteiger partial charge in [-0.1, -0.05) is 26.8 Å². The molecule has 0 aliphatic heterocycles. The van der Waals surface area contributed by atoms with Crippen LogP contribution in [0.3, 0.4) is 0 Å². The van der Waals surface area contributed by atoms with Crippen LogP contribution in [-0.4, -0.2) is 25.9 Å².